The normalized spacial score (nSPS) is 17.1. The fraction of sp³-hybridized carbons (Fsp3) is 0.692. The first-order valence-electron chi connectivity index (χ1n) is 6.53. The summed E-state index contributed by atoms with van der Waals surface area (Å²) in [5.74, 6) is 0.453. The lowest BCUT2D eigenvalue weighted by Crippen LogP contribution is -2.31. The topological polar surface area (TPSA) is 51.2 Å². The maximum absolute atomic E-state index is 11.9. The second-order valence-electron chi connectivity index (χ2n) is 4.82. The zero-order valence-electron chi connectivity index (χ0n) is 11.2. The van der Waals surface area contributed by atoms with Crippen LogP contribution in [0.3, 0.4) is 0 Å². The molecule has 1 atom stereocenters. The number of hydrogen-bond donors (Lipinski definition) is 1. The van der Waals surface area contributed by atoms with Crippen molar-refractivity contribution in [1.29, 1.82) is 0 Å². The van der Waals surface area contributed by atoms with Gasteiger partial charge in [-0.1, -0.05) is 6.42 Å². The van der Waals surface area contributed by atoms with E-state index in [1.165, 1.54) is 30.8 Å². The van der Waals surface area contributed by atoms with Crippen molar-refractivity contribution in [1.82, 2.24) is 4.37 Å². The highest BCUT2D eigenvalue weighted by Gasteiger charge is 2.26. The summed E-state index contributed by atoms with van der Waals surface area (Å²) < 4.78 is 9.33. The van der Waals surface area contributed by atoms with Gasteiger partial charge in [-0.25, -0.2) is 4.79 Å². The molecule has 2 rings (SSSR count). The predicted molar refractivity (Wildman–Crippen MR) is 73.2 cm³/mol. The first-order valence-corrected chi connectivity index (χ1v) is 7.30. The molecule has 18 heavy (non-hydrogen) atoms. The lowest BCUT2D eigenvalue weighted by atomic mass is 9.80. The summed E-state index contributed by atoms with van der Waals surface area (Å²) in [5, 5.41) is 4.28. The number of carbonyl (C=O) groups is 1. The number of rotatable bonds is 5. The molecule has 0 saturated heterocycles. The van der Waals surface area contributed by atoms with Gasteiger partial charge in [0, 0.05) is 6.04 Å². The largest absolute Gasteiger partial charge is 0.462 e. The highest BCUT2D eigenvalue weighted by Crippen LogP contribution is 2.33. The summed E-state index contributed by atoms with van der Waals surface area (Å²) in [7, 11) is 0. The van der Waals surface area contributed by atoms with Crippen LogP contribution in [0.4, 0.5) is 5.00 Å². The third-order valence-electron chi connectivity index (χ3n) is 3.56. The van der Waals surface area contributed by atoms with E-state index in [9.17, 15) is 4.79 Å². The fourth-order valence-electron chi connectivity index (χ4n) is 2.18. The van der Waals surface area contributed by atoms with Gasteiger partial charge in [0.05, 0.1) is 12.3 Å². The Labute approximate surface area is 112 Å². The summed E-state index contributed by atoms with van der Waals surface area (Å²) in [6.45, 7) is 6.23. The van der Waals surface area contributed by atoms with Crippen LogP contribution in [0.15, 0.2) is 0 Å². The highest BCUT2D eigenvalue weighted by molar-refractivity contribution is 7.10. The van der Waals surface area contributed by atoms with Crippen LogP contribution in [0.25, 0.3) is 0 Å². The zero-order chi connectivity index (χ0) is 13.1. The summed E-state index contributed by atoms with van der Waals surface area (Å²) in [6.07, 6.45) is 3.88. The predicted octanol–water partition coefficient (Wildman–Crippen LogP) is 3.23. The van der Waals surface area contributed by atoms with E-state index in [1.807, 2.05) is 13.8 Å². The van der Waals surface area contributed by atoms with Crippen LogP contribution < -0.4 is 5.32 Å². The van der Waals surface area contributed by atoms with Crippen molar-refractivity contribution in [2.45, 2.75) is 46.1 Å². The monoisotopic (exact) mass is 268 g/mol. The molecule has 1 heterocycles. The number of nitrogens with one attached hydrogen (secondary N) is 1. The van der Waals surface area contributed by atoms with E-state index >= 15 is 0 Å². The van der Waals surface area contributed by atoms with E-state index in [0.29, 0.717) is 18.2 Å². The van der Waals surface area contributed by atoms with Gasteiger partial charge in [0.2, 0.25) is 0 Å². The summed E-state index contributed by atoms with van der Waals surface area (Å²) in [6, 6.07) is 0.395. The Bertz CT molecular complexity index is 427. The van der Waals surface area contributed by atoms with Crippen molar-refractivity contribution < 1.29 is 9.53 Å². The number of aryl methyl sites for hydroxylation is 1. The van der Waals surface area contributed by atoms with Crippen LogP contribution in [0.5, 0.6) is 0 Å². The van der Waals surface area contributed by atoms with Gasteiger partial charge in [-0.3, -0.25) is 0 Å². The molecule has 1 aliphatic carbocycles. The first-order chi connectivity index (χ1) is 8.63. The zero-order valence-corrected chi connectivity index (χ0v) is 12.0. The molecule has 0 aromatic carbocycles. The summed E-state index contributed by atoms with van der Waals surface area (Å²) in [5.41, 5.74) is 1.36. The van der Waals surface area contributed by atoms with Crippen molar-refractivity contribution in [2.24, 2.45) is 5.92 Å². The Morgan fingerprint density at radius 1 is 1.61 bits per heavy atom. The van der Waals surface area contributed by atoms with E-state index < -0.39 is 0 Å². The van der Waals surface area contributed by atoms with Gasteiger partial charge >= 0.3 is 5.97 Å². The van der Waals surface area contributed by atoms with E-state index in [4.69, 9.17) is 4.74 Å². The Kier molecular flexibility index (Phi) is 4.22. The number of ether oxygens (including phenoxy) is 1. The lowest BCUT2D eigenvalue weighted by Gasteiger charge is -2.32. The number of aromatic nitrogens is 1. The first kappa shape index (κ1) is 13.3. The maximum Gasteiger partial charge on any atom is 0.343 e. The van der Waals surface area contributed by atoms with E-state index in [-0.39, 0.29) is 5.97 Å². The molecule has 0 aliphatic heterocycles. The molecule has 5 heteroatoms. The van der Waals surface area contributed by atoms with Crippen molar-refractivity contribution in [3.05, 3.63) is 11.3 Å². The SMILES string of the molecule is CCOC(=O)c1c(C)nsc1NC(C)C1CCC1. The molecule has 1 saturated carbocycles. The molecule has 4 nitrogen and oxygen atoms in total. The standard InChI is InChI=1S/C13H20N2O2S/c1-4-17-13(16)11-9(3)15-18-12(11)14-8(2)10-6-5-7-10/h8,10,14H,4-7H2,1-3H3. The molecule has 1 aromatic rings. The fourth-order valence-corrected chi connectivity index (χ4v) is 3.06. The van der Waals surface area contributed by atoms with Crippen LogP contribution in [0.2, 0.25) is 0 Å². The van der Waals surface area contributed by atoms with E-state index in [2.05, 4.69) is 16.6 Å². The van der Waals surface area contributed by atoms with Gasteiger partial charge in [0.15, 0.2) is 0 Å². The molecule has 0 spiro atoms. The Balaban J connectivity index is 2.09. The maximum atomic E-state index is 11.9. The Morgan fingerprint density at radius 2 is 2.33 bits per heavy atom. The van der Waals surface area contributed by atoms with Crippen molar-refractivity contribution in [2.75, 3.05) is 11.9 Å². The number of carbonyl (C=O) groups excluding carboxylic acids is 1. The third-order valence-corrected chi connectivity index (χ3v) is 4.43. The van der Waals surface area contributed by atoms with Gasteiger partial charge in [-0.2, -0.15) is 4.37 Å². The van der Waals surface area contributed by atoms with Crippen molar-refractivity contribution in [3.8, 4) is 0 Å². The van der Waals surface area contributed by atoms with Crippen molar-refractivity contribution >= 4 is 22.5 Å². The van der Waals surface area contributed by atoms with Crippen LogP contribution in [0, 0.1) is 12.8 Å². The molecule has 0 bridgehead atoms. The van der Waals surface area contributed by atoms with E-state index in [0.717, 1.165) is 16.6 Å². The van der Waals surface area contributed by atoms with Gasteiger partial charge < -0.3 is 10.1 Å². The molecule has 1 fully saturated rings. The molecule has 1 N–H and O–H groups in total. The van der Waals surface area contributed by atoms with Crippen LogP contribution in [-0.4, -0.2) is 23.0 Å². The lowest BCUT2D eigenvalue weighted by molar-refractivity contribution is 0.0527. The minimum atomic E-state index is -0.271. The average molecular weight is 268 g/mol. The molecule has 0 radical (unpaired) electrons. The van der Waals surface area contributed by atoms with E-state index in [1.54, 1.807) is 0 Å². The molecule has 100 valence electrons. The summed E-state index contributed by atoms with van der Waals surface area (Å²) in [4.78, 5) is 11.9. The van der Waals surface area contributed by atoms with Crippen LogP contribution >= 0.6 is 11.5 Å². The average Bonchev–Trinajstić information content (AvgIpc) is 2.57. The van der Waals surface area contributed by atoms with Crippen LogP contribution in [0.1, 0.15) is 49.2 Å². The van der Waals surface area contributed by atoms with Gasteiger partial charge in [0.25, 0.3) is 0 Å². The molecular formula is C13H20N2O2S. The molecule has 0 amide bonds. The second-order valence-corrected chi connectivity index (χ2v) is 5.59. The number of hydrogen-bond acceptors (Lipinski definition) is 5. The van der Waals surface area contributed by atoms with Gasteiger partial charge in [-0.15, -0.1) is 0 Å². The second kappa shape index (κ2) is 5.69. The molecule has 1 aliphatic rings. The Hall–Kier alpha value is -1.10. The molecule has 1 aromatic heterocycles. The minimum Gasteiger partial charge on any atom is -0.462 e. The smallest absolute Gasteiger partial charge is 0.343 e. The van der Waals surface area contributed by atoms with Gasteiger partial charge in [-0.05, 0) is 51.1 Å². The Morgan fingerprint density at radius 3 is 2.89 bits per heavy atom. The number of esters is 1. The minimum absolute atomic E-state index is 0.271. The van der Waals surface area contributed by atoms with Crippen LogP contribution in [-0.2, 0) is 4.74 Å². The quantitative estimate of drug-likeness (QED) is 0.833. The van der Waals surface area contributed by atoms with Crippen molar-refractivity contribution in [3.63, 3.8) is 0 Å². The third kappa shape index (κ3) is 2.66. The number of nitrogens with zero attached hydrogens (tertiary/aromatic N) is 1. The molecular weight excluding hydrogens is 248 g/mol. The van der Waals surface area contributed by atoms with Gasteiger partial charge in [0.1, 0.15) is 10.6 Å². The highest BCUT2D eigenvalue weighted by atomic mass is 32.1. The number of anilines is 1. The molecule has 1 unspecified atom stereocenters. The summed E-state index contributed by atoms with van der Waals surface area (Å²) >= 11 is 1.35.